The topological polar surface area (TPSA) is 66.1 Å². The summed E-state index contributed by atoms with van der Waals surface area (Å²) in [5, 5.41) is 0. The molecule has 0 radical (unpaired) electrons. The number of nitrogens with zero attached hydrogens (tertiary/aromatic N) is 2. The lowest BCUT2D eigenvalue weighted by molar-refractivity contribution is -0.137. The van der Waals surface area contributed by atoms with Crippen LogP contribution in [-0.4, -0.2) is 33.2 Å². The second kappa shape index (κ2) is 3.92. The minimum Gasteiger partial charge on any atom is -0.349 e. The Morgan fingerprint density at radius 1 is 1.25 bits per heavy atom. The van der Waals surface area contributed by atoms with Crippen molar-refractivity contribution in [2.75, 3.05) is 6.54 Å². The van der Waals surface area contributed by atoms with E-state index in [0.29, 0.717) is 24.1 Å². The third-order valence-electron chi connectivity index (χ3n) is 2.82. The molecule has 84 valence electrons. The number of carbonyl (C=O) groups excluding carboxylic acids is 2. The number of aromatic nitrogens is 2. The average Bonchev–Trinajstić information content (AvgIpc) is 2.84. The molecule has 0 aliphatic carbocycles. The first kappa shape index (κ1) is 10.6. The maximum Gasteiger partial charge on any atom is 0.256 e. The molecule has 0 saturated heterocycles. The van der Waals surface area contributed by atoms with Gasteiger partial charge in [-0.3, -0.25) is 14.5 Å². The van der Waals surface area contributed by atoms with Gasteiger partial charge in [0.2, 0.25) is 0 Å². The molecule has 1 aliphatic heterocycles. The summed E-state index contributed by atoms with van der Waals surface area (Å²) in [5.74, 6) is 0.408. The second-order valence-corrected chi connectivity index (χ2v) is 3.80. The van der Waals surface area contributed by atoms with E-state index in [1.807, 2.05) is 0 Å². The summed E-state index contributed by atoms with van der Waals surface area (Å²) >= 11 is 0. The maximum atomic E-state index is 11.7. The fourth-order valence-electron chi connectivity index (χ4n) is 1.67. The van der Waals surface area contributed by atoms with Crippen molar-refractivity contribution < 1.29 is 9.59 Å². The number of rotatable bonds is 3. The van der Waals surface area contributed by atoms with Crippen molar-refractivity contribution in [1.82, 2.24) is 14.9 Å². The molecule has 1 aromatic rings. The second-order valence-electron chi connectivity index (χ2n) is 3.80. The molecule has 0 saturated carbocycles. The van der Waals surface area contributed by atoms with Crippen LogP contribution in [0, 0.1) is 0 Å². The van der Waals surface area contributed by atoms with E-state index in [4.69, 9.17) is 0 Å². The van der Waals surface area contributed by atoms with Gasteiger partial charge in [0.1, 0.15) is 5.82 Å². The molecule has 5 nitrogen and oxygen atoms in total. The zero-order valence-electron chi connectivity index (χ0n) is 9.28. The Morgan fingerprint density at radius 3 is 2.38 bits per heavy atom. The Balaban J connectivity index is 2.03. The molecule has 1 aromatic heterocycles. The predicted octanol–water partition coefficient (Wildman–Crippen LogP) is 0.657. The number of hydrogen-bond donors (Lipinski definition) is 1. The van der Waals surface area contributed by atoms with Crippen LogP contribution in [0.1, 0.15) is 19.7 Å². The van der Waals surface area contributed by atoms with E-state index < -0.39 is 0 Å². The van der Waals surface area contributed by atoms with Crippen LogP contribution >= 0.6 is 0 Å². The van der Waals surface area contributed by atoms with Gasteiger partial charge in [-0.1, -0.05) is 0 Å². The molecule has 0 atom stereocenters. The first-order chi connectivity index (χ1) is 7.61. The molecule has 0 bridgehead atoms. The maximum absolute atomic E-state index is 11.7. The largest absolute Gasteiger partial charge is 0.349 e. The van der Waals surface area contributed by atoms with Crippen LogP contribution < -0.4 is 0 Å². The van der Waals surface area contributed by atoms with Crippen molar-refractivity contribution >= 4 is 11.8 Å². The van der Waals surface area contributed by atoms with Crippen LogP contribution in [0.25, 0.3) is 0 Å². The Kier molecular flexibility index (Phi) is 2.60. The van der Waals surface area contributed by atoms with E-state index in [2.05, 4.69) is 9.97 Å². The fourth-order valence-corrected chi connectivity index (χ4v) is 1.67. The lowest BCUT2D eigenvalue weighted by Gasteiger charge is -2.13. The van der Waals surface area contributed by atoms with Gasteiger partial charge in [-0.25, -0.2) is 4.98 Å². The van der Waals surface area contributed by atoms with E-state index in [0.717, 1.165) is 5.82 Å². The zero-order valence-corrected chi connectivity index (χ0v) is 9.28. The molecule has 0 spiro atoms. The van der Waals surface area contributed by atoms with Gasteiger partial charge in [-0.2, -0.15) is 0 Å². The molecule has 2 rings (SSSR count). The van der Waals surface area contributed by atoms with Crippen molar-refractivity contribution in [1.29, 1.82) is 0 Å². The quantitative estimate of drug-likeness (QED) is 0.759. The van der Waals surface area contributed by atoms with Crippen molar-refractivity contribution in [2.45, 2.75) is 20.3 Å². The summed E-state index contributed by atoms with van der Waals surface area (Å²) in [6.07, 6.45) is 3.93. The molecular weight excluding hydrogens is 206 g/mol. The number of imide groups is 1. The van der Waals surface area contributed by atoms with Gasteiger partial charge < -0.3 is 4.98 Å². The number of nitrogens with one attached hydrogen (secondary N) is 1. The van der Waals surface area contributed by atoms with Gasteiger partial charge >= 0.3 is 0 Å². The molecule has 0 unspecified atom stereocenters. The average molecular weight is 219 g/mol. The lowest BCUT2D eigenvalue weighted by atomic mass is 10.2. The van der Waals surface area contributed by atoms with Crippen molar-refractivity contribution in [3.63, 3.8) is 0 Å². The van der Waals surface area contributed by atoms with E-state index in [1.54, 1.807) is 26.2 Å². The number of H-pyrrole nitrogens is 1. The van der Waals surface area contributed by atoms with Crippen LogP contribution in [0.5, 0.6) is 0 Å². The molecule has 5 heteroatoms. The first-order valence-corrected chi connectivity index (χ1v) is 5.13. The van der Waals surface area contributed by atoms with Crippen molar-refractivity contribution in [3.8, 4) is 0 Å². The third kappa shape index (κ3) is 1.64. The van der Waals surface area contributed by atoms with E-state index in [1.165, 1.54) is 4.90 Å². The van der Waals surface area contributed by atoms with Gasteiger partial charge in [0.05, 0.1) is 0 Å². The zero-order chi connectivity index (χ0) is 11.7. The highest BCUT2D eigenvalue weighted by atomic mass is 16.2. The highest BCUT2D eigenvalue weighted by Gasteiger charge is 2.32. The van der Waals surface area contributed by atoms with E-state index in [-0.39, 0.29) is 11.8 Å². The summed E-state index contributed by atoms with van der Waals surface area (Å²) in [4.78, 5) is 31.7. The van der Waals surface area contributed by atoms with Crippen LogP contribution in [0.3, 0.4) is 0 Å². The normalized spacial score (nSPS) is 16.5. The van der Waals surface area contributed by atoms with Crippen molar-refractivity contribution in [3.05, 3.63) is 29.4 Å². The smallest absolute Gasteiger partial charge is 0.256 e. The number of amides is 2. The molecule has 16 heavy (non-hydrogen) atoms. The van der Waals surface area contributed by atoms with Gasteiger partial charge in [-0.15, -0.1) is 0 Å². The number of carbonyl (C=O) groups is 2. The van der Waals surface area contributed by atoms with Crippen LogP contribution in [0.4, 0.5) is 0 Å². The van der Waals surface area contributed by atoms with Gasteiger partial charge in [0.15, 0.2) is 0 Å². The van der Waals surface area contributed by atoms with Crippen LogP contribution in [0.2, 0.25) is 0 Å². The van der Waals surface area contributed by atoms with Gasteiger partial charge in [0.25, 0.3) is 11.8 Å². The highest BCUT2D eigenvalue weighted by molar-refractivity contribution is 6.18. The summed E-state index contributed by atoms with van der Waals surface area (Å²) in [5.41, 5.74) is 1.09. The van der Waals surface area contributed by atoms with Crippen molar-refractivity contribution in [2.24, 2.45) is 0 Å². The molecule has 1 aliphatic rings. The minimum absolute atomic E-state index is 0.186. The lowest BCUT2D eigenvalue weighted by Crippen LogP contribution is -2.33. The molecular formula is C11H13N3O2. The van der Waals surface area contributed by atoms with Crippen LogP contribution in [-0.2, 0) is 16.0 Å². The molecule has 0 aromatic carbocycles. The summed E-state index contributed by atoms with van der Waals surface area (Å²) < 4.78 is 0. The van der Waals surface area contributed by atoms with E-state index >= 15 is 0 Å². The number of hydrogen-bond acceptors (Lipinski definition) is 3. The molecule has 2 amide bonds. The summed E-state index contributed by atoms with van der Waals surface area (Å²) in [6.45, 7) is 3.74. The monoisotopic (exact) mass is 219 g/mol. The van der Waals surface area contributed by atoms with Gasteiger partial charge in [-0.05, 0) is 13.8 Å². The fraction of sp³-hybridized carbons (Fsp3) is 0.364. The van der Waals surface area contributed by atoms with Gasteiger partial charge in [0, 0.05) is 36.5 Å². The predicted molar refractivity (Wildman–Crippen MR) is 57.4 cm³/mol. The first-order valence-electron chi connectivity index (χ1n) is 5.13. The summed E-state index contributed by atoms with van der Waals surface area (Å²) in [6, 6.07) is 0. The SMILES string of the molecule is CC1=C(C)C(=O)N(CCc2ncc[nH]2)C1=O. The molecule has 0 fully saturated rings. The van der Waals surface area contributed by atoms with E-state index in [9.17, 15) is 9.59 Å². The standard InChI is InChI=1S/C11H13N3O2/c1-7-8(2)11(16)14(10(7)15)6-3-9-12-4-5-13-9/h4-5H,3,6H2,1-2H3,(H,12,13). The number of aromatic amines is 1. The minimum atomic E-state index is -0.186. The van der Waals surface area contributed by atoms with Crippen LogP contribution in [0.15, 0.2) is 23.5 Å². The highest BCUT2D eigenvalue weighted by Crippen LogP contribution is 2.19. The molecule has 1 N–H and O–H groups in total. The Labute approximate surface area is 93.2 Å². The Bertz CT molecular complexity index is 436. The number of imidazole rings is 1. The molecule has 2 heterocycles. The Morgan fingerprint density at radius 2 is 1.88 bits per heavy atom. The Hall–Kier alpha value is -1.91. The third-order valence-corrected chi connectivity index (χ3v) is 2.82. The summed E-state index contributed by atoms with van der Waals surface area (Å²) in [7, 11) is 0.